The lowest BCUT2D eigenvalue weighted by Crippen LogP contribution is -2.35. The molecule has 126 valence electrons. The van der Waals surface area contributed by atoms with Gasteiger partial charge in [0.15, 0.2) is 0 Å². The fourth-order valence-electron chi connectivity index (χ4n) is 2.59. The number of rotatable bonds is 5. The van der Waals surface area contributed by atoms with Crippen LogP contribution in [0.5, 0.6) is 0 Å². The first-order valence-corrected chi connectivity index (χ1v) is 9.01. The molecule has 0 aliphatic carbocycles. The van der Waals surface area contributed by atoms with E-state index in [1.165, 1.54) is 18.2 Å². The van der Waals surface area contributed by atoms with Crippen molar-refractivity contribution in [2.24, 2.45) is 4.99 Å². The maximum Gasteiger partial charge on any atom is 0.206 e. The zero-order valence-corrected chi connectivity index (χ0v) is 13.6. The van der Waals surface area contributed by atoms with Gasteiger partial charge in [0, 0.05) is 18.8 Å². The van der Waals surface area contributed by atoms with Gasteiger partial charge in [-0.3, -0.25) is 4.99 Å². The molecule has 1 heterocycles. The first kappa shape index (κ1) is 16.8. The number of aliphatic hydroxyl groups is 1. The Hall–Kier alpha value is -2.09. The highest BCUT2D eigenvalue weighted by molar-refractivity contribution is 7.91. The van der Waals surface area contributed by atoms with Crippen molar-refractivity contribution in [1.82, 2.24) is 5.32 Å². The van der Waals surface area contributed by atoms with Crippen molar-refractivity contribution in [1.29, 1.82) is 0 Å². The van der Waals surface area contributed by atoms with E-state index in [0.717, 1.165) is 17.7 Å². The topological polar surface area (TPSA) is 78.8 Å². The first-order valence-electron chi connectivity index (χ1n) is 7.53. The van der Waals surface area contributed by atoms with Crippen LogP contribution in [0.4, 0.5) is 10.1 Å². The third kappa shape index (κ3) is 3.38. The summed E-state index contributed by atoms with van der Waals surface area (Å²) in [6, 6.07) is 9.60. The predicted molar refractivity (Wildman–Crippen MR) is 89.0 cm³/mol. The van der Waals surface area contributed by atoms with E-state index in [-0.39, 0.29) is 22.4 Å². The summed E-state index contributed by atoms with van der Waals surface area (Å²) in [6.45, 7) is 0.523. The maximum absolute atomic E-state index is 13.0. The Morgan fingerprint density at radius 3 is 2.58 bits per heavy atom. The van der Waals surface area contributed by atoms with Crippen LogP contribution in [-0.2, 0) is 16.3 Å². The molecule has 0 saturated carbocycles. The van der Waals surface area contributed by atoms with Gasteiger partial charge in [0.1, 0.15) is 5.82 Å². The Kier molecular flexibility index (Phi) is 4.75. The van der Waals surface area contributed by atoms with Gasteiger partial charge in [-0.1, -0.05) is 6.07 Å². The van der Waals surface area contributed by atoms with Crippen molar-refractivity contribution >= 4 is 21.7 Å². The largest absolute Gasteiger partial charge is 0.395 e. The molecule has 3 rings (SSSR count). The maximum atomic E-state index is 13.0. The molecule has 1 aliphatic rings. The van der Waals surface area contributed by atoms with Gasteiger partial charge in [-0.05, 0) is 48.4 Å². The predicted octanol–water partition coefficient (Wildman–Crippen LogP) is 1.87. The van der Waals surface area contributed by atoms with E-state index in [2.05, 4.69) is 10.3 Å². The van der Waals surface area contributed by atoms with E-state index in [4.69, 9.17) is 5.11 Å². The van der Waals surface area contributed by atoms with Crippen molar-refractivity contribution in [2.45, 2.75) is 22.3 Å². The molecule has 1 aliphatic heterocycles. The van der Waals surface area contributed by atoms with Gasteiger partial charge in [-0.25, -0.2) is 12.8 Å². The van der Waals surface area contributed by atoms with Crippen molar-refractivity contribution in [3.05, 3.63) is 53.8 Å². The van der Waals surface area contributed by atoms with E-state index < -0.39 is 15.7 Å². The molecular weight excluding hydrogens is 331 g/mol. The molecule has 1 unspecified atom stereocenters. The summed E-state index contributed by atoms with van der Waals surface area (Å²) in [5.74, 6) is -0.481. The number of benzene rings is 2. The molecule has 2 aromatic carbocycles. The van der Waals surface area contributed by atoms with E-state index in [1.54, 1.807) is 18.3 Å². The zero-order chi connectivity index (χ0) is 17.2. The van der Waals surface area contributed by atoms with Crippen LogP contribution >= 0.6 is 0 Å². The average Bonchev–Trinajstić information content (AvgIpc) is 2.59. The first-order chi connectivity index (χ1) is 11.5. The van der Waals surface area contributed by atoms with Crippen LogP contribution in [0.25, 0.3) is 0 Å². The van der Waals surface area contributed by atoms with Crippen molar-refractivity contribution in [2.75, 3.05) is 13.2 Å². The van der Waals surface area contributed by atoms with Crippen molar-refractivity contribution < 1.29 is 17.9 Å². The van der Waals surface area contributed by atoms with Gasteiger partial charge in [0.2, 0.25) is 9.84 Å². The molecule has 2 aromatic rings. The molecule has 0 saturated heterocycles. The van der Waals surface area contributed by atoms with Gasteiger partial charge in [0.25, 0.3) is 0 Å². The molecule has 0 aromatic heterocycles. The van der Waals surface area contributed by atoms with Gasteiger partial charge in [-0.2, -0.15) is 0 Å². The number of fused-ring (bicyclic) bond motifs is 1. The summed E-state index contributed by atoms with van der Waals surface area (Å²) >= 11 is 0. The molecule has 0 amide bonds. The number of aliphatic imine (C=N–C) groups is 1. The summed E-state index contributed by atoms with van der Waals surface area (Å²) in [4.78, 5) is 4.49. The van der Waals surface area contributed by atoms with Gasteiger partial charge >= 0.3 is 0 Å². The third-order valence-corrected chi connectivity index (χ3v) is 5.61. The minimum atomic E-state index is -3.71. The van der Waals surface area contributed by atoms with Crippen LogP contribution in [0.3, 0.4) is 0 Å². The van der Waals surface area contributed by atoms with Crippen molar-refractivity contribution in [3.8, 4) is 0 Å². The second-order valence-corrected chi connectivity index (χ2v) is 7.46. The summed E-state index contributed by atoms with van der Waals surface area (Å²) in [5, 5.41) is 12.0. The second kappa shape index (κ2) is 6.80. The number of hydrogen-bond acceptors (Lipinski definition) is 5. The van der Waals surface area contributed by atoms with Crippen LogP contribution in [0.1, 0.15) is 5.56 Å². The number of hydrogen-bond donors (Lipinski definition) is 2. The molecule has 2 N–H and O–H groups in total. The average molecular weight is 348 g/mol. The summed E-state index contributed by atoms with van der Waals surface area (Å²) in [7, 11) is -3.71. The molecule has 0 radical (unpaired) electrons. The van der Waals surface area contributed by atoms with Gasteiger partial charge in [0.05, 0.1) is 22.1 Å². The Labute approximate surface area is 139 Å². The minimum absolute atomic E-state index is 0.0178. The molecule has 5 nitrogen and oxygen atoms in total. The number of nitrogens with one attached hydrogen (secondary N) is 1. The lowest BCUT2D eigenvalue weighted by atomic mass is 10.0. The van der Waals surface area contributed by atoms with E-state index in [1.807, 2.05) is 0 Å². The van der Waals surface area contributed by atoms with Crippen LogP contribution in [-0.4, -0.2) is 38.9 Å². The number of sulfone groups is 1. The zero-order valence-electron chi connectivity index (χ0n) is 12.8. The van der Waals surface area contributed by atoms with Crippen LogP contribution in [0.2, 0.25) is 0 Å². The number of nitrogens with zero attached hydrogens (tertiary/aromatic N) is 1. The molecule has 0 bridgehead atoms. The lowest BCUT2D eigenvalue weighted by Gasteiger charge is -2.20. The molecule has 0 spiro atoms. The third-order valence-electron chi connectivity index (χ3n) is 3.84. The fourth-order valence-corrected chi connectivity index (χ4v) is 3.87. The lowest BCUT2D eigenvalue weighted by molar-refractivity contribution is 0.289. The Morgan fingerprint density at radius 2 is 1.88 bits per heavy atom. The highest BCUT2D eigenvalue weighted by Gasteiger charge is 2.21. The quantitative estimate of drug-likeness (QED) is 0.809. The normalized spacial score (nSPS) is 16.8. The minimum Gasteiger partial charge on any atom is -0.395 e. The summed E-state index contributed by atoms with van der Waals surface area (Å²) < 4.78 is 38.2. The second-order valence-electron chi connectivity index (χ2n) is 5.51. The highest BCUT2D eigenvalue weighted by Crippen LogP contribution is 2.30. The van der Waals surface area contributed by atoms with E-state index in [9.17, 15) is 12.8 Å². The van der Waals surface area contributed by atoms with E-state index in [0.29, 0.717) is 18.7 Å². The van der Waals surface area contributed by atoms with Crippen LogP contribution in [0.15, 0.2) is 57.2 Å². The van der Waals surface area contributed by atoms with Gasteiger partial charge in [-0.15, -0.1) is 0 Å². The summed E-state index contributed by atoms with van der Waals surface area (Å²) in [6.07, 6.45) is 2.39. The molecule has 1 atom stereocenters. The van der Waals surface area contributed by atoms with E-state index >= 15 is 0 Å². The summed E-state index contributed by atoms with van der Waals surface area (Å²) in [5.41, 5.74) is 1.55. The Morgan fingerprint density at radius 1 is 1.17 bits per heavy atom. The standard InChI is InChI=1S/C17H17FN2O3S/c18-13-2-5-15(6-3-13)24(22,23)16-4-1-12-9-14(19-7-8-21)11-20-17(12)10-16/h1-6,10-11,14,19,21H,7-9H2. The fraction of sp³-hybridized carbons (Fsp3) is 0.235. The van der Waals surface area contributed by atoms with Crippen LogP contribution < -0.4 is 5.32 Å². The number of aliphatic hydroxyl groups excluding tert-OH is 1. The molecule has 7 heteroatoms. The Balaban J connectivity index is 1.89. The monoisotopic (exact) mass is 348 g/mol. The molecule has 24 heavy (non-hydrogen) atoms. The van der Waals surface area contributed by atoms with Crippen molar-refractivity contribution in [3.63, 3.8) is 0 Å². The van der Waals surface area contributed by atoms with Crippen LogP contribution in [0, 0.1) is 5.82 Å². The molecule has 0 fully saturated rings. The SMILES string of the molecule is O=S(=O)(c1ccc(F)cc1)c1ccc2c(c1)N=CC(NCCO)C2. The smallest absolute Gasteiger partial charge is 0.206 e. The molecular formula is C17H17FN2O3S. The number of halogens is 1. The Bertz CT molecular complexity index is 864. The van der Waals surface area contributed by atoms with Gasteiger partial charge < -0.3 is 10.4 Å². The highest BCUT2D eigenvalue weighted by atomic mass is 32.2.